The van der Waals surface area contributed by atoms with Crippen LogP contribution in [0.3, 0.4) is 0 Å². The summed E-state index contributed by atoms with van der Waals surface area (Å²) in [5.41, 5.74) is 2.81. The quantitative estimate of drug-likeness (QED) is 0.604. The molecular weight excluding hydrogens is 390 g/mol. The van der Waals surface area contributed by atoms with Crippen LogP contribution in [0.4, 0.5) is 5.69 Å². The predicted molar refractivity (Wildman–Crippen MR) is 104 cm³/mol. The molecule has 2 aromatic heterocycles. The van der Waals surface area contributed by atoms with Crippen LogP contribution in [0.1, 0.15) is 6.42 Å². The molecule has 27 heavy (non-hydrogen) atoms. The second-order valence-electron chi connectivity index (χ2n) is 6.15. The zero-order valence-corrected chi connectivity index (χ0v) is 16.1. The molecule has 1 aromatic carbocycles. The predicted octanol–water partition coefficient (Wildman–Crippen LogP) is 2.18. The summed E-state index contributed by atoms with van der Waals surface area (Å²) in [5.74, 6) is 0.365. The molecule has 1 fully saturated rings. The highest BCUT2D eigenvalue weighted by Gasteiger charge is 2.29. The Morgan fingerprint density at radius 3 is 2.74 bits per heavy atom. The maximum atomic E-state index is 12.0. The summed E-state index contributed by atoms with van der Waals surface area (Å²) in [6.45, 7) is 0.577. The van der Waals surface area contributed by atoms with Gasteiger partial charge in [0.15, 0.2) is 0 Å². The van der Waals surface area contributed by atoms with Gasteiger partial charge in [0.25, 0.3) is 15.2 Å². The lowest BCUT2D eigenvalue weighted by Gasteiger charge is -2.38. The smallest absolute Gasteiger partial charge is 0.281 e. The highest BCUT2D eigenvalue weighted by Crippen LogP contribution is 2.51. The van der Waals surface area contributed by atoms with Crippen molar-refractivity contribution in [1.29, 1.82) is 0 Å². The first-order valence-corrected chi connectivity index (χ1v) is 11.4. The second kappa shape index (κ2) is 6.46. The van der Waals surface area contributed by atoms with E-state index in [1.54, 1.807) is 10.4 Å². The fourth-order valence-electron chi connectivity index (χ4n) is 3.10. The number of nitrogens with one attached hydrogen (secondary N) is 1. The summed E-state index contributed by atoms with van der Waals surface area (Å²) >= 11 is 0. The van der Waals surface area contributed by atoms with Crippen LogP contribution >= 0.6 is 10.8 Å². The number of benzene rings is 1. The molecule has 0 spiro atoms. The molecule has 1 saturated heterocycles. The number of hydrogen-bond acceptors (Lipinski definition) is 7. The van der Waals surface area contributed by atoms with Gasteiger partial charge in [0, 0.05) is 12.1 Å². The van der Waals surface area contributed by atoms with E-state index >= 15 is 0 Å². The van der Waals surface area contributed by atoms with Gasteiger partial charge in [0.05, 0.1) is 28.8 Å². The second-order valence-corrected chi connectivity index (χ2v) is 10.0. The van der Waals surface area contributed by atoms with Crippen LogP contribution in [0.15, 0.2) is 47.8 Å². The topological polar surface area (TPSA) is 120 Å². The number of rotatable bonds is 4. The standard InChI is InChI=1S/C16H19N5O4S2/c1-17-27(24,25)16-18-11-14-6-7-15(21(14)19-16)12-4-2-5-13(10-12)20-8-3-9-26(20,22)23/h2,4-7,10-11,17,22-23H,3,8-9H2,1H3. The SMILES string of the molecule is CNS(=O)(=O)c1ncc2ccc(-c3cccc(N4CCCS4(O)O)c3)n2n1. The maximum Gasteiger partial charge on any atom is 0.281 e. The summed E-state index contributed by atoms with van der Waals surface area (Å²) < 4.78 is 49.8. The molecule has 144 valence electrons. The minimum absolute atomic E-state index is 0.320. The molecule has 0 radical (unpaired) electrons. The van der Waals surface area contributed by atoms with E-state index in [1.807, 2.05) is 30.3 Å². The van der Waals surface area contributed by atoms with E-state index in [0.29, 0.717) is 29.2 Å². The van der Waals surface area contributed by atoms with Crippen LogP contribution in [0.5, 0.6) is 0 Å². The molecule has 0 saturated carbocycles. The van der Waals surface area contributed by atoms with Crippen LogP contribution in [0.25, 0.3) is 16.8 Å². The number of hydrogen-bond donors (Lipinski definition) is 3. The molecule has 11 heteroatoms. The van der Waals surface area contributed by atoms with Crippen molar-refractivity contribution in [3.05, 3.63) is 42.6 Å². The van der Waals surface area contributed by atoms with Gasteiger partial charge in [-0.3, -0.25) is 13.4 Å². The van der Waals surface area contributed by atoms with Crippen molar-refractivity contribution < 1.29 is 17.5 Å². The molecule has 3 N–H and O–H groups in total. The Morgan fingerprint density at radius 2 is 2.04 bits per heavy atom. The molecule has 9 nitrogen and oxygen atoms in total. The van der Waals surface area contributed by atoms with E-state index in [4.69, 9.17) is 0 Å². The number of anilines is 1. The van der Waals surface area contributed by atoms with E-state index in [0.717, 1.165) is 12.0 Å². The Balaban J connectivity index is 1.81. The van der Waals surface area contributed by atoms with Gasteiger partial charge in [-0.25, -0.2) is 22.6 Å². The van der Waals surface area contributed by atoms with Crippen molar-refractivity contribution >= 4 is 32.0 Å². The normalized spacial score (nSPS) is 18.1. The number of sulfonamides is 1. The van der Waals surface area contributed by atoms with Crippen molar-refractivity contribution in [2.75, 3.05) is 23.7 Å². The summed E-state index contributed by atoms with van der Waals surface area (Å²) in [6.07, 6.45) is 2.17. The lowest BCUT2D eigenvalue weighted by Crippen LogP contribution is -2.22. The van der Waals surface area contributed by atoms with Crippen LogP contribution in [-0.4, -0.2) is 51.5 Å². The first-order valence-electron chi connectivity index (χ1n) is 8.24. The maximum absolute atomic E-state index is 12.0. The van der Waals surface area contributed by atoms with E-state index in [1.165, 1.54) is 17.8 Å². The van der Waals surface area contributed by atoms with Crippen molar-refractivity contribution in [2.24, 2.45) is 0 Å². The monoisotopic (exact) mass is 409 g/mol. The van der Waals surface area contributed by atoms with Crippen LogP contribution < -0.4 is 9.03 Å². The molecule has 0 atom stereocenters. The first-order chi connectivity index (χ1) is 12.8. The van der Waals surface area contributed by atoms with Crippen LogP contribution in [0.2, 0.25) is 0 Å². The summed E-state index contributed by atoms with van der Waals surface area (Å²) in [5, 5.41) is 3.84. The molecule has 3 aromatic rings. The molecular formula is C16H19N5O4S2. The largest absolute Gasteiger partial charge is 0.282 e. The third kappa shape index (κ3) is 3.17. The van der Waals surface area contributed by atoms with Gasteiger partial charge in [-0.15, -0.1) is 15.9 Å². The van der Waals surface area contributed by atoms with E-state index in [-0.39, 0.29) is 5.16 Å². The summed E-state index contributed by atoms with van der Waals surface area (Å²) in [6, 6.07) is 11.0. The third-order valence-corrected chi connectivity index (χ3v) is 7.59. The molecule has 3 heterocycles. The fraction of sp³-hybridized carbons (Fsp3) is 0.250. The summed E-state index contributed by atoms with van der Waals surface area (Å²) in [7, 11) is -5.25. The van der Waals surface area contributed by atoms with Gasteiger partial charge < -0.3 is 0 Å². The number of aromatic nitrogens is 3. The first kappa shape index (κ1) is 18.2. The molecule has 1 aliphatic heterocycles. The van der Waals surface area contributed by atoms with Crippen molar-refractivity contribution in [1.82, 2.24) is 19.3 Å². The highest BCUT2D eigenvalue weighted by molar-refractivity contribution is 8.25. The minimum Gasteiger partial charge on any atom is -0.282 e. The Hall–Kier alpha value is -2.18. The molecule has 4 rings (SSSR count). The average molecular weight is 409 g/mol. The molecule has 0 amide bonds. The fourth-order valence-corrected chi connectivity index (χ4v) is 5.27. The number of nitrogens with zero attached hydrogens (tertiary/aromatic N) is 4. The molecule has 1 aliphatic rings. The number of fused-ring (bicyclic) bond motifs is 1. The van der Waals surface area contributed by atoms with E-state index < -0.39 is 20.8 Å². The highest BCUT2D eigenvalue weighted by atomic mass is 32.3. The van der Waals surface area contributed by atoms with E-state index in [9.17, 15) is 17.5 Å². The van der Waals surface area contributed by atoms with Gasteiger partial charge in [-0.1, -0.05) is 12.1 Å². The lowest BCUT2D eigenvalue weighted by molar-refractivity contribution is 0.491. The Labute approximate surface area is 158 Å². The van der Waals surface area contributed by atoms with Crippen LogP contribution in [-0.2, 0) is 10.0 Å². The minimum atomic E-state index is -3.77. The van der Waals surface area contributed by atoms with Gasteiger partial charge in [-0.05, 0) is 37.7 Å². The summed E-state index contributed by atoms with van der Waals surface area (Å²) in [4.78, 5) is 3.90. The molecule has 0 unspecified atom stereocenters. The van der Waals surface area contributed by atoms with E-state index in [2.05, 4.69) is 14.8 Å². The molecule has 0 bridgehead atoms. The van der Waals surface area contributed by atoms with Crippen molar-refractivity contribution in [3.8, 4) is 11.3 Å². The van der Waals surface area contributed by atoms with Crippen molar-refractivity contribution in [3.63, 3.8) is 0 Å². The Kier molecular flexibility index (Phi) is 4.35. The Morgan fingerprint density at radius 1 is 1.22 bits per heavy atom. The van der Waals surface area contributed by atoms with Gasteiger partial charge in [0.1, 0.15) is 0 Å². The zero-order chi connectivity index (χ0) is 19.2. The third-order valence-electron chi connectivity index (χ3n) is 4.45. The van der Waals surface area contributed by atoms with Gasteiger partial charge in [-0.2, -0.15) is 0 Å². The van der Waals surface area contributed by atoms with Crippen molar-refractivity contribution in [2.45, 2.75) is 11.6 Å². The van der Waals surface area contributed by atoms with Gasteiger partial charge in [0.2, 0.25) is 0 Å². The molecule has 0 aliphatic carbocycles. The Bertz CT molecular complexity index is 1110. The zero-order valence-electron chi connectivity index (χ0n) is 14.5. The average Bonchev–Trinajstić information content (AvgIpc) is 3.23. The van der Waals surface area contributed by atoms with Gasteiger partial charge >= 0.3 is 0 Å². The lowest BCUT2D eigenvalue weighted by atomic mass is 10.1. The van der Waals surface area contributed by atoms with Crippen LogP contribution in [0, 0.1) is 0 Å².